The normalized spacial score (nSPS) is 11.0. The summed E-state index contributed by atoms with van der Waals surface area (Å²) >= 11 is 0. The molecule has 0 amide bonds. The van der Waals surface area contributed by atoms with Gasteiger partial charge in [0.15, 0.2) is 0 Å². The van der Waals surface area contributed by atoms with Crippen molar-refractivity contribution >= 4 is 7.55 Å². The van der Waals surface area contributed by atoms with Crippen LogP contribution in [-0.4, -0.2) is 51.1 Å². The number of hydrogen-bond donors (Lipinski definition) is 0. The van der Waals surface area contributed by atoms with Crippen molar-refractivity contribution in [2.75, 3.05) is 14.2 Å². The first kappa shape index (κ1) is 19.0. The highest BCUT2D eigenvalue weighted by molar-refractivity contribution is 6.31. The molecule has 145 valence electrons. The van der Waals surface area contributed by atoms with Gasteiger partial charge in [0.1, 0.15) is 11.4 Å². The van der Waals surface area contributed by atoms with Gasteiger partial charge in [0.2, 0.25) is 0 Å². The lowest BCUT2D eigenvalue weighted by Gasteiger charge is -2.08. The summed E-state index contributed by atoms with van der Waals surface area (Å²) in [6.45, 7) is 0.814. The molecule has 29 heavy (non-hydrogen) atoms. The Balaban J connectivity index is 1.69. The average Bonchev–Trinajstić information content (AvgIpc) is 3.35. The Labute approximate surface area is 169 Å². The van der Waals surface area contributed by atoms with E-state index in [0.29, 0.717) is 13.2 Å². The maximum absolute atomic E-state index is 5.34. The Kier molecular flexibility index (Phi) is 5.78. The van der Waals surface area contributed by atoms with Crippen LogP contribution in [0.25, 0.3) is 22.8 Å². The summed E-state index contributed by atoms with van der Waals surface area (Å²) in [5, 5.41) is 9.36. The van der Waals surface area contributed by atoms with Crippen molar-refractivity contribution in [1.82, 2.24) is 29.4 Å². The van der Waals surface area contributed by atoms with Crippen LogP contribution in [0.1, 0.15) is 11.4 Å². The Bertz CT molecular complexity index is 980. The number of pyridine rings is 2. The fraction of sp³-hybridized carbons (Fsp3) is 0.200. The van der Waals surface area contributed by atoms with E-state index in [4.69, 9.17) is 9.47 Å². The first-order valence-corrected chi connectivity index (χ1v) is 9.11. The summed E-state index contributed by atoms with van der Waals surface area (Å²) in [4.78, 5) is 8.76. The van der Waals surface area contributed by atoms with Gasteiger partial charge in [-0.3, -0.25) is 19.2 Å². The van der Waals surface area contributed by atoms with E-state index in [-0.39, 0.29) is 0 Å². The number of aromatic nitrogens is 6. The van der Waals surface area contributed by atoms with Crippen molar-refractivity contribution in [3.05, 3.63) is 72.3 Å². The molecule has 0 bridgehead atoms. The van der Waals surface area contributed by atoms with Crippen LogP contribution < -0.4 is 0 Å². The molecule has 4 heterocycles. The highest BCUT2D eigenvalue weighted by atomic mass is 16.5. The third-order valence-corrected chi connectivity index (χ3v) is 4.28. The van der Waals surface area contributed by atoms with E-state index in [2.05, 4.69) is 20.2 Å². The maximum atomic E-state index is 5.34. The lowest BCUT2D eigenvalue weighted by molar-refractivity contribution is 0.179. The van der Waals surface area contributed by atoms with Crippen LogP contribution in [0.4, 0.5) is 0 Å². The molecule has 4 aromatic rings. The molecule has 0 spiro atoms. The lowest BCUT2D eigenvalue weighted by Crippen LogP contribution is -2.23. The van der Waals surface area contributed by atoms with Gasteiger partial charge in [0.05, 0.1) is 36.0 Å². The van der Waals surface area contributed by atoms with Gasteiger partial charge in [-0.05, 0) is 36.4 Å². The molecule has 4 aromatic heterocycles. The summed E-state index contributed by atoms with van der Waals surface area (Å²) < 4.78 is 14.2. The SMILES string of the molecule is COCc1cc(-c2ccccn2)nn1[B]n1nc(-c2ccccn2)cc1COC. The number of methoxy groups -OCH3 is 2. The Hall–Kier alpha value is -3.30. The molecule has 0 aromatic carbocycles. The van der Waals surface area contributed by atoms with E-state index in [1.54, 1.807) is 35.8 Å². The second-order valence-electron chi connectivity index (χ2n) is 6.34. The summed E-state index contributed by atoms with van der Waals surface area (Å²) in [5.74, 6) is 0. The maximum Gasteiger partial charge on any atom is 0.437 e. The largest absolute Gasteiger partial charge is 0.437 e. The summed E-state index contributed by atoms with van der Waals surface area (Å²) in [6.07, 6.45) is 3.49. The summed E-state index contributed by atoms with van der Waals surface area (Å²) in [7, 11) is 5.12. The lowest BCUT2D eigenvalue weighted by atomic mass is 10.1. The Morgan fingerprint density at radius 2 is 1.21 bits per heavy atom. The summed E-state index contributed by atoms with van der Waals surface area (Å²) in [6, 6.07) is 15.4. The first-order chi connectivity index (χ1) is 14.3. The Morgan fingerprint density at radius 3 is 1.59 bits per heavy atom. The number of hydrogen-bond acceptors (Lipinski definition) is 6. The average molecular weight is 387 g/mol. The molecule has 9 heteroatoms. The van der Waals surface area contributed by atoms with Crippen molar-refractivity contribution in [2.24, 2.45) is 0 Å². The van der Waals surface area contributed by atoms with Crippen LogP contribution >= 0.6 is 0 Å². The molecule has 0 fully saturated rings. The third kappa shape index (κ3) is 4.26. The molecule has 0 atom stereocenters. The van der Waals surface area contributed by atoms with Gasteiger partial charge in [0.25, 0.3) is 0 Å². The molecule has 0 unspecified atom stereocenters. The van der Waals surface area contributed by atoms with E-state index in [1.165, 1.54) is 0 Å². The second kappa shape index (κ2) is 8.81. The van der Waals surface area contributed by atoms with Gasteiger partial charge in [-0.1, -0.05) is 12.1 Å². The molecule has 0 aliphatic rings. The second-order valence-corrected chi connectivity index (χ2v) is 6.34. The number of ether oxygens (including phenoxy) is 2. The zero-order valence-electron chi connectivity index (χ0n) is 16.3. The van der Waals surface area contributed by atoms with Gasteiger partial charge in [-0.15, -0.1) is 0 Å². The molecule has 8 nitrogen and oxygen atoms in total. The molecule has 0 saturated carbocycles. The fourth-order valence-electron chi connectivity index (χ4n) is 2.96. The van der Waals surface area contributed by atoms with Crippen LogP contribution in [0.15, 0.2) is 60.9 Å². The number of nitrogens with zero attached hydrogens (tertiary/aromatic N) is 6. The van der Waals surface area contributed by atoms with Crippen LogP contribution in [0.2, 0.25) is 0 Å². The predicted octanol–water partition coefficient (Wildman–Crippen LogP) is 2.43. The van der Waals surface area contributed by atoms with E-state index in [9.17, 15) is 0 Å². The van der Waals surface area contributed by atoms with Crippen molar-refractivity contribution in [3.8, 4) is 22.8 Å². The zero-order valence-corrected chi connectivity index (χ0v) is 16.3. The van der Waals surface area contributed by atoms with Crippen LogP contribution in [0.3, 0.4) is 0 Å². The molecular formula is C20H20BN6O2. The van der Waals surface area contributed by atoms with E-state index < -0.39 is 0 Å². The minimum Gasteiger partial charge on any atom is -0.378 e. The third-order valence-electron chi connectivity index (χ3n) is 4.28. The smallest absolute Gasteiger partial charge is 0.378 e. The predicted molar refractivity (Wildman–Crippen MR) is 109 cm³/mol. The van der Waals surface area contributed by atoms with Gasteiger partial charge in [-0.2, -0.15) is 10.2 Å². The van der Waals surface area contributed by atoms with Gasteiger partial charge < -0.3 is 9.47 Å². The Morgan fingerprint density at radius 1 is 0.724 bits per heavy atom. The van der Waals surface area contributed by atoms with Crippen LogP contribution in [0.5, 0.6) is 0 Å². The van der Waals surface area contributed by atoms with Gasteiger partial charge in [0, 0.05) is 26.6 Å². The molecule has 0 aliphatic carbocycles. The van der Waals surface area contributed by atoms with E-state index in [1.807, 2.05) is 56.1 Å². The molecule has 0 aliphatic heterocycles. The van der Waals surface area contributed by atoms with E-state index in [0.717, 1.165) is 34.2 Å². The molecule has 0 N–H and O–H groups in total. The fourth-order valence-corrected chi connectivity index (χ4v) is 2.96. The summed E-state index contributed by atoms with van der Waals surface area (Å²) in [5.41, 5.74) is 4.88. The molecule has 1 radical (unpaired) electrons. The molecule has 0 saturated heterocycles. The van der Waals surface area contributed by atoms with Crippen LogP contribution in [0, 0.1) is 0 Å². The minimum atomic E-state index is 0.407. The van der Waals surface area contributed by atoms with E-state index >= 15 is 0 Å². The monoisotopic (exact) mass is 387 g/mol. The molecule has 4 rings (SSSR count). The first-order valence-electron chi connectivity index (χ1n) is 9.11. The highest BCUT2D eigenvalue weighted by Crippen LogP contribution is 2.19. The minimum absolute atomic E-state index is 0.407. The molecular weight excluding hydrogens is 367 g/mol. The van der Waals surface area contributed by atoms with Crippen molar-refractivity contribution < 1.29 is 9.47 Å². The quantitative estimate of drug-likeness (QED) is 0.432. The standard InChI is InChI=1S/C20H20BN6O2/c1-28-13-15-11-19(17-7-3-5-9-22-17)24-26(15)21-27-16(14-29-2)12-20(25-27)18-8-4-6-10-23-18/h3-12H,13-14H2,1-2H3. The van der Waals surface area contributed by atoms with Crippen molar-refractivity contribution in [2.45, 2.75) is 13.2 Å². The van der Waals surface area contributed by atoms with Gasteiger partial charge >= 0.3 is 7.55 Å². The topological polar surface area (TPSA) is 79.9 Å². The zero-order chi connectivity index (χ0) is 20.1. The van der Waals surface area contributed by atoms with Crippen molar-refractivity contribution in [1.29, 1.82) is 0 Å². The number of rotatable bonds is 8. The van der Waals surface area contributed by atoms with Crippen molar-refractivity contribution in [3.63, 3.8) is 0 Å². The van der Waals surface area contributed by atoms with Crippen LogP contribution in [-0.2, 0) is 22.7 Å². The highest BCUT2D eigenvalue weighted by Gasteiger charge is 2.17. The van der Waals surface area contributed by atoms with Gasteiger partial charge in [-0.25, -0.2) is 0 Å².